The van der Waals surface area contributed by atoms with Crippen molar-refractivity contribution in [3.63, 3.8) is 0 Å². The minimum absolute atomic E-state index is 0.161. The summed E-state index contributed by atoms with van der Waals surface area (Å²) in [5.74, 6) is -0.0926. The Bertz CT molecular complexity index is 332. The van der Waals surface area contributed by atoms with Crippen LogP contribution in [0.2, 0.25) is 0 Å². The largest absolute Gasteiger partial charge is 0.464 e. The van der Waals surface area contributed by atoms with Gasteiger partial charge in [0.1, 0.15) is 5.82 Å². The summed E-state index contributed by atoms with van der Waals surface area (Å²) in [7, 11) is 2.88. The quantitative estimate of drug-likeness (QED) is 0.519. The standard InChI is InChI=1S/C7H9N3O3/c1-10-6(8-4-11)3-5(9-10)7(12)13-2/h3-4H,1-2H3,(H,8,11). The summed E-state index contributed by atoms with van der Waals surface area (Å²) in [6, 6.07) is 1.43. The SMILES string of the molecule is COC(=O)c1cc(NC=O)n(C)n1. The van der Waals surface area contributed by atoms with E-state index >= 15 is 0 Å². The number of aryl methyl sites for hydroxylation is 1. The van der Waals surface area contributed by atoms with E-state index in [4.69, 9.17) is 0 Å². The fraction of sp³-hybridized carbons (Fsp3) is 0.286. The second-order valence-corrected chi connectivity index (χ2v) is 2.29. The fourth-order valence-corrected chi connectivity index (χ4v) is 0.867. The molecule has 0 fully saturated rings. The summed E-state index contributed by atoms with van der Waals surface area (Å²) in [5.41, 5.74) is 0.161. The number of nitrogens with one attached hydrogen (secondary N) is 1. The van der Waals surface area contributed by atoms with Crippen molar-refractivity contribution in [1.82, 2.24) is 9.78 Å². The molecular formula is C7H9N3O3. The maximum Gasteiger partial charge on any atom is 0.358 e. The molecule has 70 valence electrons. The molecule has 13 heavy (non-hydrogen) atoms. The Morgan fingerprint density at radius 2 is 2.46 bits per heavy atom. The number of carbonyl (C=O) groups is 2. The summed E-state index contributed by atoms with van der Waals surface area (Å²) in [6.45, 7) is 0. The minimum atomic E-state index is -0.533. The van der Waals surface area contributed by atoms with Gasteiger partial charge in [-0.25, -0.2) is 4.79 Å². The highest BCUT2D eigenvalue weighted by molar-refractivity contribution is 5.88. The smallest absolute Gasteiger partial charge is 0.358 e. The Morgan fingerprint density at radius 3 is 3.00 bits per heavy atom. The van der Waals surface area contributed by atoms with Gasteiger partial charge in [-0.2, -0.15) is 5.10 Å². The average Bonchev–Trinajstić information content (AvgIpc) is 2.47. The fourth-order valence-electron chi connectivity index (χ4n) is 0.867. The molecule has 0 saturated heterocycles. The average molecular weight is 183 g/mol. The van der Waals surface area contributed by atoms with Crippen LogP contribution in [0.15, 0.2) is 6.07 Å². The van der Waals surface area contributed by atoms with E-state index in [1.165, 1.54) is 17.9 Å². The molecule has 6 nitrogen and oxygen atoms in total. The van der Waals surface area contributed by atoms with Crippen molar-refractivity contribution < 1.29 is 14.3 Å². The van der Waals surface area contributed by atoms with Crippen molar-refractivity contribution in [2.75, 3.05) is 12.4 Å². The Hall–Kier alpha value is -1.85. The molecule has 0 bridgehead atoms. The third kappa shape index (κ3) is 1.84. The van der Waals surface area contributed by atoms with Gasteiger partial charge in [0.15, 0.2) is 5.69 Å². The van der Waals surface area contributed by atoms with Gasteiger partial charge in [-0.05, 0) is 0 Å². The van der Waals surface area contributed by atoms with E-state index in [-0.39, 0.29) is 5.69 Å². The van der Waals surface area contributed by atoms with Gasteiger partial charge < -0.3 is 10.1 Å². The van der Waals surface area contributed by atoms with Crippen LogP contribution in [0, 0.1) is 0 Å². The lowest BCUT2D eigenvalue weighted by Crippen LogP contribution is -2.03. The summed E-state index contributed by atoms with van der Waals surface area (Å²) in [4.78, 5) is 21.1. The van der Waals surface area contributed by atoms with E-state index < -0.39 is 5.97 Å². The molecular weight excluding hydrogens is 174 g/mol. The molecule has 1 heterocycles. The van der Waals surface area contributed by atoms with Gasteiger partial charge in [0.2, 0.25) is 6.41 Å². The lowest BCUT2D eigenvalue weighted by Gasteiger charge is -1.95. The van der Waals surface area contributed by atoms with Crippen LogP contribution in [-0.4, -0.2) is 29.3 Å². The van der Waals surface area contributed by atoms with Crippen molar-refractivity contribution in [2.24, 2.45) is 7.05 Å². The normalized spacial score (nSPS) is 9.38. The molecule has 0 aliphatic rings. The summed E-state index contributed by atoms with van der Waals surface area (Å²) >= 11 is 0. The maximum atomic E-state index is 11.0. The Kier molecular flexibility index (Phi) is 2.63. The monoisotopic (exact) mass is 183 g/mol. The van der Waals surface area contributed by atoms with Crippen molar-refractivity contribution in [2.45, 2.75) is 0 Å². The predicted molar refractivity (Wildman–Crippen MR) is 44.2 cm³/mol. The molecule has 0 aromatic carbocycles. The van der Waals surface area contributed by atoms with Crippen LogP contribution >= 0.6 is 0 Å². The molecule has 1 amide bonds. The summed E-state index contributed by atoms with van der Waals surface area (Å²) < 4.78 is 5.83. The Labute approximate surface area is 74.5 Å². The van der Waals surface area contributed by atoms with E-state index in [2.05, 4.69) is 15.2 Å². The van der Waals surface area contributed by atoms with Gasteiger partial charge in [0.05, 0.1) is 7.11 Å². The molecule has 1 aromatic heterocycles. The first-order chi connectivity index (χ1) is 6.19. The number of hydrogen-bond acceptors (Lipinski definition) is 4. The third-order valence-electron chi connectivity index (χ3n) is 1.48. The van der Waals surface area contributed by atoms with Gasteiger partial charge in [0.25, 0.3) is 0 Å². The maximum absolute atomic E-state index is 11.0. The second kappa shape index (κ2) is 3.70. The molecule has 0 radical (unpaired) electrons. The van der Waals surface area contributed by atoms with E-state index in [1.807, 2.05) is 0 Å². The first-order valence-corrected chi connectivity index (χ1v) is 3.51. The first kappa shape index (κ1) is 9.24. The zero-order chi connectivity index (χ0) is 9.84. The molecule has 0 aliphatic heterocycles. The van der Waals surface area contributed by atoms with E-state index in [0.717, 1.165) is 0 Å². The number of ether oxygens (including phenoxy) is 1. The van der Waals surface area contributed by atoms with Crippen LogP contribution in [0.1, 0.15) is 10.5 Å². The van der Waals surface area contributed by atoms with Gasteiger partial charge in [-0.15, -0.1) is 0 Å². The number of rotatable bonds is 3. The lowest BCUT2D eigenvalue weighted by atomic mass is 10.4. The van der Waals surface area contributed by atoms with Crippen molar-refractivity contribution >= 4 is 18.2 Å². The zero-order valence-corrected chi connectivity index (χ0v) is 7.27. The number of methoxy groups -OCH3 is 1. The molecule has 1 N–H and O–H groups in total. The number of hydrogen-bond donors (Lipinski definition) is 1. The Morgan fingerprint density at radius 1 is 1.77 bits per heavy atom. The third-order valence-corrected chi connectivity index (χ3v) is 1.48. The van der Waals surface area contributed by atoms with Gasteiger partial charge >= 0.3 is 5.97 Å². The number of anilines is 1. The van der Waals surface area contributed by atoms with Crippen molar-refractivity contribution in [3.05, 3.63) is 11.8 Å². The summed E-state index contributed by atoms with van der Waals surface area (Å²) in [6.07, 6.45) is 0.512. The number of nitrogens with zero attached hydrogens (tertiary/aromatic N) is 2. The summed E-state index contributed by atoms with van der Waals surface area (Å²) in [5, 5.41) is 6.21. The van der Waals surface area contributed by atoms with Gasteiger partial charge in [-0.3, -0.25) is 9.48 Å². The van der Waals surface area contributed by atoms with Crippen molar-refractivity contribution in [1.29, 1.82) is 0 Å². The van der Waals surface area contributed by atoms with Crippen LogP contribution in [0.5, 0.6) is 0 Å². The molecule has 0 saturated carbocycles. The van der Waals surface area contributed by atoms with Crippen LogP contribution in [0.4, 0.5) is 5.82 Å². The molecule has 0 spiro atoms. The van der Waals surface area contributed by atoms with Crippen molar-refractivity contribution in [3.8, 4) is 0 Å². The second-order valence-electron chi connectivity index (χ2n) is 2.29. The molecule has 0 unspecified atom stereocenters. The molecule has 0 atom stereocenters. The van der Waals surface area contributed by atoms with E-state index in [0.29, 0.717) is 12.2 Å². The van der Waals surface area contributed by atoms with Crippen LogP contribution in [0.25, 0.3) is 0 Å². The minimum Gasteiger partial charge on any atom is -0.464 e. The molecule has 1 rings (SSSR count). The van der Waals surface area contributed by atoms with Crippen LogP contribution in [0.3, 0.4) is 0 Å². The first-order valence-electron chi connectivity index (χ1n) is 3.51. The number of esters is 1. The molecule has 0 aliphatic carbocycles. The number of aromatic nitrogens is 2. The van der Waals surface area contributed by atoms with Crippen LogP contribution in [-0.2, 0) is 16.6 Å². The highest BCUT2D eigenvalue weighted by Gasteiger charge is 2.11. The van der Waals surface area contributed by atoms with Crippen LogP contribution < -0.4 is 5.32 Å². The molecule has 6 heteroatoms. The van der Waals surface area contributed by atoms with E-state index in [1.54, 1.807) is 7.05 Å². The van der Waals surface area contributed by atoms with E-state index in [9.17, 15) is 9.59 Å². The highest BCUT2D eigenvalue weighted by atomic mass is 16.5. The lowest BCUT2D eigenvalue weighted by molar-refractivity contribution is -0.105. The van der Waals surface area contributed by atoms with Gasteiger partial charge in [-0.1, -0.05) is 0 Å². The topological polar surface area (TPSA) is 73.2 Å². The number of amides is 1. The van der Waals surface area contributed by atoms with Gasteiger partial charge in [0, 0.05) is 13.1 Å². The molecule has 1 aromatic rings. The highest BCUT2D eigenvalue weighted by Crippen LogP contribution is 2.08. The number of carbonyl (C=O) groups excluding carboxylic acids is 2. The zero-order valence-electron chi connectivity index (χ0n) is 7.27. The Balaban J connectivity index is 2.94. The predicted octanol–water partition coefficient (Wildman–Crippen LogP) is -0.225.